The molecule has 0 spiro atoms. The summed E-state index contributed by atoms with van der Waals surface area (Å²) in [4.78, 5) is 18.1. The number of pyridine rings is 1. The number of aromatic nitrogens is 3. The summed E-state index contributed by atoms with van der Waals surface area (Å²) in [6.45, 7) is 5.03. The van der Waals surface area contributed by atoms with Crippen molar-refractivity contribution < 1.29 is 4.74 Å². The van der Waals surface area contributed by atoms with Crippen LogP contribution in [0.5, 0.6) is 5.88 Å². The van der Waals surface area contributed by atoms with Crippen LogP contribution in [0.3, 0.4) is 0 Å². The van der Waals surface area contributed by atoms with Crippen LogP contribution in [0.2, 0.25) is 0 Å². The van der Waals surface area contributed by atoms with Gasteiger partial charge in [-0.3, -0.25) is 9.88 Å². The van der Waals surface area contributed by atoms with Crippen molar-refractivity contribution in [1.82, 2.24) is 19.9 Å². The van der Waals surface area contributed by atoms with E-state index in [4.69, 9.17) is 4.74 Å². The SMILES string of the molecule is COc1ccnc(N(C)C2CCCN(Cc3cccc(C)n3)C2)n1. The van der Waals surface area contributed by atoms with Gasteiger partial charge in [0.2, 0.25) is 11.8 Å². The fourth-order valence-electron chi connectivity index (χ4n) is 3.19. The largest absolute Gasteiger partial charge is 0.481 e. The summed E-state index contributed by atoms with van der Waals surface area (Å²) in [5, 5.41) is 0. The molecule has 0 N–H and O–H groups in total. The van der Waals surface area contributed by atoms with Gasteiger partial charge in [-0.25, -0.2) is 4.98 Å². The van der Waals surface area contributed by atoms with Gasteiger partial charge in [-0.1, -0.05) is 6.07 Å². The van der Waals surface area contributed by atoms with E-state index in [0.717, 1.165) is 43.4 Å². The molecule has 0 radical (unpaired) electrons. The minimum atomic E-state index is 0.399. The van der Waals surface area contributed by atoms with E-state index in [0.29, 0.717) is 11.9 Å². The van der Waals surface area contributed by atoms with Gasteiger partial charge in [-0.15, -0.1) is 0 Å². The second-order valence-electron chi connectivity index (χ2n) is 6.31. The summed E-state index contributed by atoms with van der Waals surface area (Å²) >= 11 is 0. The third-order valence-electron chi connectivity index (χ3n) is 4.50. The zero-order chi connectivity index (χ0) is 16.9. The lowest BCUT2D eigenvalue weighted by atomic mass is 10.0. The first kappa shape index (κ1) is 16.6. The number of piperidine rings is 1. The molecule has 0 bridgehead atoms. The standard InChI is InChI=1S/C18H25N5O/c1-14-6-4-7-15(20-14)12-23-11-5-8-16(13-23)22(2)18-19-10-9-17(21-18)24-3/h4,6-7,9-10,16H,5,8,11-13H2,1-3H3. The van der Waals surface area contributed by atoms with E-state index >= 15 is 0 Å². The highest BCUT2D eigenvalue weighted by Gasteiger charge is 2.25. The van der Waals surface area contributed by atoms with Gasteiger partial charge in [-0.05, 0) is 38.4 Å². The number of methoxy groups -OCH3 is 1. The number of likely N-dealkylation sites (N-methyl/N-ethyl adjacent to an activating group) is 1. The van der Waals surface area contributed by atoms with Crippen LogP contribution in [0.1, 0.15) is 24.2 Å². The van der Waals surface area contributed by atoms with Gasteiger partial charge < -0.3 is 9.64 Å². The van der Waals surface area contributed by atoms with E-state index in [9.17, 15) is 0 Å². The van der Waals surface area contributed by atoms with E-state index in [1.165, 1.54) is 6.42 Å². The molecule has 128 valence electrons. The highest BCUT2D eigenvalue weighted by Crippen LogP contribution is 2.21. The number of aryl methyl sites for hydroxylation is 1. The summed E-state index contributed by atoms with van der Waals surface area (Å²) in [7, 11) is 3.69. The molecule has 2 aromatic rings. The molecular formula is C18H25N5O. The van der Waals surface area contributed by atoms with Crippen molar-refractivity contribution >= 4 is 5.95 Å². The van der Waals surface area contributed by atoms with Crippen molar-refractivity contribution in [3.8, 4) is 5.88 Å². The first-order valence-electron chi connectivity index (χ1n) is 8.40. The van der Waals surface area contributed by atoms with Gasteiger partial charge >= 0.3 is 0 Å². The summed E-state index contributed by atoms with van der Waals surface area (Å²) in [5.41, 5.74) is 2.21. The van der Waals surface area contributed by atoms with E-state index in [2.05, 4.69) is 43.9 Å². The van der Waals surface area contributed by atoms with Gasteiger partial charge in [0, 0.05) is 44.1 Å². The first-order valence-corrected chi connectivity index (χ1v) is 8.40. The topological polar surface area (TPSA) is 54.4 Å². The molecule has 3 heterocycles. The minimum Gasteiger partial charge on any atom is -0.481 e. The lowest BCUT2D eigenvalue weighted by Gasteiger charge is -2.37. The molecule has 1 fully saturated rings. The fourth-order valence-corrected chi connectivity index (χ4v) is 3.19. The van der Waals surface area contributed by atoms with Crippen LogP contribution in [0.4, 0.5) is 5.95 Å². The van der Waals surface area contributed by atoms with Crippen LogP contribution in [-0.4, -0.2) is 53.1 Å². The Bertz CT molecular complexity index is 678. The fraction of sp³-hybridized carbons (Fsp3) is 0.500. The van der Waals surface area contributed by atoms with Crippen molar-refractivity contribution in [3.05, 3.63) is 41.9 Å². The van der Waals surface area contributed by atoms with Gasteiger partial charge in [0.1, 0.15) is 0 Å². The van der Waals surface area contributed by atoms with E-state index in [1.54, 1.807) is 19.4 Å². The minimum absolute atomic E-state index is 0.399. The van der Waals surface area contributed by atoms with Crippen LogP contribution in [-0.2, 0) is 6.54 Å². The molecule has 2 aromatic heterocycles. The average Bonchev–Trinajstić information content (AvgIpc) is 2.61. The Balaban J connectivity index is 1.66. The Kier molecular flexibility index (Phi) is 5.25. The predicted octanol–water partition coefficient (Wildman–Crippen LogP) is 2.29. The number of hydrogen-bond acceptors (Lipinski definition) is 6. The monoisotopic (exact) mass is 327 g/mol. The third-order valence-corrected chi connectivity index (χ3v) is 4.50. The molecular weight excluding hydrogens is 302 g/mol. The molecule has 1 saturated heterocycles. The molecule has 1 aliphatic heterocycles. The number of rotatable bonds is 5. The number of anilines is 1. The zero-order valence-electron chi connectivity index (χ0n) is 14.6. The molecule has 6 nitrogen and oxygen atoms in total. The molecule has 3 rings (SSSR count). The molecule has 0 saturated carbocycles. The number of hydrogen-bond donors (Lipinski definition) is 0. The van der Waals surface area contributed by atoms with Crippen LogP contribution in [0.15, 0.2) is 30.5 Å². The summed E-state index contributed by atoms with van der Waals surface area (Å²) in [6.07, 6.45) is 4.06. The van der Waals surface area contributed by atoms with E-state index in [-0.39, 0.29) is 0 Å². The van der Waals surface area contributed by atoms with E-state index < -0.39 is 0 Å². The van der Waals surface area contributed by atoms with Crippen molar-refractivity contribution in [2.75, 3.05) is 32.1 Å². The lowest BCUT2D eigenvalue weighted by molar-refractivity contribution is 0.196. The normalized spacial score (nSPS) is 18.4. The summed E-state index contributed by atoms with van der Waals surface area (Å²) in [5.74, 6) is 1.32. The molecule has 0 amide bonds. The maximum Gasteiger partial charge on any atom is 0.228 e. The smallest absolute Gasteiger partial charge is 0.228 e. The van der Waals surface area contributed by atoms with Crippen molar-refractivity contribution in [3.63, 3.8) is 0 Å². The zero-order valence-corrected chi connectivity index (χ0v) is 14.6. The highest BCUT2D eigenvalue weighted by atomic mass is 16.5. The molecule has 1 aliphatic rings. The highest BCUT2D eigenvalue weighted by molar-refractivity contribution is 5.32. The summed E-state index contributed by atoms with van der Waals surface area (Å²) in [6, 6.07) is 8.39. The first-order chi connectivity index (χ1) is 11.7. The van der Waals surface area contributed by atoms with Crippen molar-refractivity contribution in [2.45, 2.75) is 32.4 Å². The summed E-state index contributed by atoms with van der Waals surface area (Å²) < 4.78 is 5.21. The molecule has 24 heavy (non-hydrogen) atoms. The van der Waals surface area contributed by atoms with E-state index in [1.807, 2.05) is 13.0 Å². The molecule has 0 aromatic carbocycles. The van der Waals surface area contributed by atoms with Crippen LogP contribution in [0, 0.1) is 6.92 Å². The number of ether oxygens (including phenoxy) is 1. The third kappa shape index (κ3) is 4.00. The Labute approximate surface area is 143 Å². The molecule has 1 atom stereocenters. The van der Waals surface area contributed by atoms with Crippen molar-refractivity contribution in [2.24, 2.45) is 0 Å². The lowest BCUT2D eigenvalue weighted by Crippen LogP contribution is -2.46. The molecule has 0 aliphatic carbocycles. The Hall–Kier alpha value is -2.21. The number of likely N-dealkylation sites (tertiary alicyclic amines) is 1. The Morgan fingerprint density at radius 2 is 2.17 bits per heavy atom. The van der Waals surface area contributed by atoms with Gasteiger partial charge in [0.25, 0.3) is 0 Å². The van der Waals surface area contributed by atoms with Crippen molar-refractivity contribution in [1.29, 1.82) is 0 Å². The second-order valence-corrected chi connectivity index (χ2v) is 6.31. The Morgan fingerprint density at radius 3 is 2.96 bits per heavy atom. The van der Waals surface area contributed by atoms with Gasteiger partial charge in [-0.2, -0.15) is 4.98 Å². The van der Waals surface area contributed by atoms with Gasteiger partial charge in [0.15, 0.2) is 0 Å². The van der Waals surface area contributed by atoms with Gasteiger partial charge in [0.05, 0.1) is 12.8 Å². The van der Waals surface area contributed by atoms with Crippen LogP contribution < -0.4 is 9.64 Å². The average molecular weight is 327 g/mol. The quantitative estimate of drug-likeness (QED) is 0.840. The number of nitrogens with zero attached hydrogens (tertiary/aromatic N) is 5. The maximum atomic E-state index is 5.21. The second kappa shape index (κ2) is 7.57. The van der Waals surface area contributed by atoms with Crippen LogP contribution >= 0.6 is 0 Å². The predicted molar refractivity (Wildman–Crippen MR) is 94.3 cm³/mol. The Morgan fingerprint density at radius 1 is 1.29 bits per heavy atom. The molecule has 6 heteroatoms. The molecule has 1 unspecified atom stereocenters. The van der Waals surface area contributed by atoms with Crippen LogP contribution in [0.25, 0.3) is 0 Å². The maximum absolute atomic E-state index is 5.21.